The van der Waals surface area contributed by atoms with E-state index in [1.807, 2.05) is 19.1 Å². The van der Waals surface area contributed by atoms with Crippen molar-refractivity contribution in [1.29, 1.82) is 5.26 Å². The van der Waals surface area contributed by atoms with Crippen molar-refractivity contribution >= 4 is 0 Å². The fourth-order valence-electron chi connectivity index (χ4n) is 3.20. The molecule has 3 rings (SSSR count). The van der Waals surface area contributed by atoms with Crippen molar-refractivity contribution in [3.05, 3.63) is 70.5 Å². The molecule has 3 nitrogen and oxygen atoms in total. The molecule has 2 aromatic carbocycles. The number of fused-ring (bicyclic) bond motifs is 1. The Labute approximate surface area is 135 Å². The molecule has 2 N–H and O–H groups in total. The van der Waals surface area contributed by atoms with E-state index in [1.54, 1.807) is 18.2 Å². The number of ether oxygens (including phenoxy) is 1. The van der Waals surface area contributed by atoms with Gasteiger partial charge in [-0.2, -0.15) is 5.26 Å². The summed E-state index contributed by atoms with van der Waals surface area (Å²) in [5.41, 5.74) is 8.91. The van der Waals surface area contributed by atoms with Gasteiger partial charge in [0.1, 0.15) is 11.4 Å². The first-order valence-corrected chi connectivity index (χ1v) is 7.74. The van der Waals surface area contributed by atoms with Crippen molar-refractivity contribution in [2.45, 2.75) is 38.0 Å². The summed E-state index contributed by atoms with van der Waals surface area (Å²) >= 11 is 0. The Balaban J connectivity index is 2.09. The van der Waals surface area contributed by atoms with Gasteiger partial charge in [-0.3, -0.25) is 0 Å². The van der Waals surface area contributed by atoms with Crippen LogP contribution in [0.2, 0.25) is 0 Å². The molecule has 0 fully saturated rings. The van der Waals surface area contributed by atoms with Crippen molar-refractivity contribution in [2.24, 2.45) is 5.73 Å². The predicted octanol–water partition coefficient (Wildman–Crippen LogP) is 3.60. The molecule has 1 aliphatic rings. The fraction of sp³-hybridized carbons (Fsp3) is 0.316. The summed E-state index contributed by atoms with van der Waals surface area (Å²) in [6, 6.07) is 14.3. The van der Waals surface area contributed by atoms with Crippen LogP contribution in [0, 0.1) is 17.1 Å². The molecule has 118 valence electrons. The lowest BCUT2D eigenvalue weighted by atomic mass is 9.81. The van der Waals surface area contributed by atoms with Crippen LogP contribution in [-0.4, -0.2) is 6.04 Å². The maximum atomic E-state index is 13.3. The Morgan fingerprint density at radius 2 is 2.04 bits per heavy atom. The zero-order valence-electron chi connectivity index (χ0n) is 13.1. The van der Waals surface area contributed by atoms with E-state index in [4.69, 9.17) is 15.7 Å². The van der Waals surface area contributed by atoms with Gasteiger partial charge < -0.3 is 10.5 Å². The van der Waals surface area contributed by atoms with Gasteiger partial charge in [-0.1, -0.05) is 18.2 Å². The highest BCUT2D eigenvalue weighted by Crippen LogP contribution is 2.45. The van der Waals surface area contributed by atoms with Crippen LogP contribution in [0.1, 0.15) is 42.0 Å². The third kappa shape index (κ3) is 2.86. The minimum absolute atomic E-state index is 0.0540. The lowest BCUT2D eigenvalue weighted by molar-refractivity contribution is -0.0139. The van der Waals surface area contributed by atoms with E-state index < -0.39 is 5.60 Å². The van der Waals surface area contributed by atoms with Crippen LogP contribution in [0.15, 0.2) is 42.5 Å². The van der Waals surface area contributed by atoms with E-state index in [2.05, 4.69) is 6.07 Å². The van der Waals surface area contributed by atoms with E-state index in [0.717, 1.165) is 29.5 Å². The zero-order valence-corrected chi connectivity index (χ0v) is 13.1. The largest absolute Gasteiger partial charge is 0.361 e. The first-order chi connectivity index (χ1) is 11.0. The van der Waals surface area contributed by atoms with Crippen LogP contribution in [0.4, 0.5) is 4.39 Å². The zero-order chi connectivity index (χ0) is 16.4. The molecule has 0 saturated carbocycles. The van der Waals surface area contributed by atoms with Crippen molar-refractivity contribution in [3.8, 4) is 6.07 Å². The predicted molar refractivity (Wildman–Crippen MR) is 86.0 cm³/mol. The summed E-state index contributed by atoms with van der Waals surface area (Å²) in [7, 11) is 0. The van der Waals surface area contributed by atoms with E-state index >= 15 is 0 Å². The lowest BCUT2D eigenvalue weighted by Crippen LogP contribution is -2.30. The minimum Gasteiger partial charge on any atom is -0.361 e. The first-order valence-electron chi connectivity index (χ1n) is 7.74. The summed E-state index contributed by atoms with van der Waals surface area (Å²) < 4.78 is 19.5. The number of halogens is 1. The highest BCUT2D eigenvalue weighted by Gasteiger charge is 2.41. The molecule has 2 aromatic rings. The molecule has 1 unspecified atom stereocenters. The molecule has 0 radical (unpaired) electrons. The standard InChI is InChI=1S/C19H19FN2O/c1-13(22)8-9-19(16-3-5-17(20)6-4-16)18-7-2-14(11-21)10-15(18)12-23-19/h2-7,10,13H,8-9,12,22H2,1H3/t13?,19-/m0/s1. The second-order valence-electron chi connectivity index (χ2n) is 6.12. The van der Waals surface area contributed by atoms with Crippen LogP contribution >= 0.6 is 0 Å². The highest BCUT2D eigenvalue weighted by molar-refractivity contribution is 5.47. The summed E-state index contributed by atoms with van der Waals surface area (Å²) in [4.78, 5) is 0. The molecular formula is C19H19FN2O. The van der Waals surface area contributed by atoms with Gasteiger partial charge in [0.15, 0.2) is 0 Å². The molecule has 0 saturated heterocycles. The maximum absolute atomic E-state index is 13.3. The highest BCUT2D eigenvalue weighted by atomic mass is 19.1. The second kappa shape index (κ2) is 6.11. The topological polar surface area (TPSA) is 59.0 Å². The maximum Gasteiger partial charge on any atom is 0.123 e. The SMILES string of the molecule is CC(N)CC[C@@]1(c2ccc(F)cc2)OCc2cc(C#N)ccc21. The average molecular weight is 310 g/mol. The molecule has 23 heavy (non-hydrogen) atoms. The van der Waals surface area contributed by atoms with Gasteiger partial charge in [0.05, 0.1) is 18.2 Å². The summed E-state index contributed by atoms with van der Waals surface area (Å²) in [5.74, 6) is -0.269. The van der Waals surface area contributed by atoms with Crippen LogP contribution in [0.5, 0.6) is 0 Å². The third-order valence-corrected chi connectivity index (χ3v) is 4.41. The number of hydrogen-bond donors (Lipinski definition) is 1. The molecule has 1 heterocycles. The van der Waals surface area contributed by atoms with E-state index in [1.165, 1.54) is 12.1 Å². The van der Waals surface area contributed by atoms with Crippen molar-refractivity contribution < 1.29 is 9.13 Å². The van der Waals surface area contributed by atoms with Gasteiger partial charge in [-0.05, 0) is 60.7 Å². The molecule has 2 atom stereocenters. The van der Waals surface area contributed by atoms with Gasteiger partial charge in [-0.15, -0.1) is 0 Å². The van der Waals surface area contributed by atoms with Crippen LogP contribution in [0.25, 0.3) is 0 Å². The Morgan fingerprint density at radius 1 is 1.30 bits per heavy atom. The number of nitriles is 1. The van der Waals surface area contributed by atoms with E-state index in [9.17, 15) is 4.39 Å². The Bertz CT molecular complexity index is 749. The summed E-state index contributed by atoms with van der Waals surface area (Å²) in [6.45, 7) is 2.41. The van der Waals surface area contributed by atoms with Gasteiger partial charge in [0, 0.05) is 6.04 Å². The number of nitrogens with zero attached hydrogens (tertiary/aromatic N) is 1. The Kier molecular flexibility index (Phi) is 4.16. The Hall–Kier alpha value is -2.22. The quantitative estimate of drug-likeness (QED) is 0.938. The minimum atomic E-state index is -0.620. The number of rotatable bonds is 4. The average Bonchev–Trinajstić information content (AvgIpc) is 2.92. The molecule has 0 spiro atoms. The lowest BCUT2D eigenvalue weighted by Gasteiger charge is -2.31. The molecular weight excluding hydrogens is 291 g/mol. The molecule has 1 aliphatic heterocycles. The van der Waals surface area contributed by atoms with Gasteiger partial charge >= 0.3 is 0 Å². The molecule has 0 aliphatic carbocycles. The van der Waals surface area contributed by atoms with Gasteiger partial charge in [-0.25, -0.2) is 4.39 Å². The van der Waals surface area contributed by atoms with E-state index in [0.29, 0.717) is 12.2 Å². The number of nitrogens with two attached hydrogens (primary N) is 1. The molecule has 4 heteroatoms. The van der Waals surface area contributed by atoms with Crippen LogP contribution < -0.4 is 5.73 Å². The first kappa shape index (κ1) is 15.7. The van der Waals surface area contributed by atoms with Crippen molar-refractivity contribution in [1.82, 2.24) is 0 Å². The number of hydrogen-bond acceptors (Lipinski definition) is 3. The third-order valence-electron chi connectivity index (χ3n) is 4.41. The van der Waals surface area contributed by atoms with Crippen molar-refractivity contribution in [3.63, 3.8) is 0 Å². The monoisotopic (exact) mass is 310 g/mol. The molecule has 0 bridgehead atoms. The summed E-state index contributed by atoms with van der Waals surface area (Å²) in [6.07, 6.45) is 1.51. The second-order valence-corrected chi connectivity index (χ2v) is 6.12. The molecule has 0 amide bonds. The fourth-order valence-corrected chi connectivity index (χ4v) is 3.20. The van der Waals surface area contributed by atoms with Crippen molar-refractivity contribution in [2.75, 3.05) is 0 Å². The van der Waals surface area contributed by atoms with Gasteiger partial charge in [0.25, 0.3) is 0 Å². The van der Waals surface area contributed by atoms with Crippen LogP contribution in [-0.2, 0) is 16.9 Å². The number of benzene rings is 2. The van der Waals surface area contributed by atoms with E-state index in [-0.39, 0.29) is 11.9 Å². The van der Waals surface area contributed by atoms with Crippen LogP contribution in [0.3, 0.4) is 0 Å². The normalized spacial score (nSPS) is 20.8. The summed E-state index contributed by atoms with van der Waals surface area (Å²) in [5, 5.41) is 9.07. The Morgan fingerprint density at radius 3 is 2.70 bits per heavy atom. The smallest absolute Gasteiger partial charge is 0.123 e. The molecule has 0 aromatic heterocycles. The van der Waals surface area contributed by atoms with Gasteiger partial charge in [0.2, 0.25) is 0 Å².